The number of ether oxygens (including phenoxy) is 1. The highest BCUT2D eigenvalue weighted by Gasteiger charge is 2.11. The number of halogens is 1. The summed E-state index contributed by atoms with van der Waals surface area (Å²) >= 11 is 0. The van der Waals surface area contributed by atoms with Gasteiger partial charge in [-0.2, -0.15) is 0 Å². The van der Waals surface area contributed by atoms with Gasteiger partial charge in [0.25, 0.3) is 0 Å². The summed E-state index contributed by atoms with van der Waals surface area (Å²) in [5.74, 6) is -1.09. The molecule has 0 spiro atoms. The molecule has 0 aliphatic rings. The molecule has 0 heterocycles. The Kier molecular flexibility index (Phi) is 8.32. The molecule has 1 aromatic rings. The molecular formula is C12H17ClN2O4. The number of aliphatic carboxylic acids is 1. The molecule has 0 radical (unpaired) electrons. The van der Waals surface area contributed by atoms with E-state index in [1.807, 2.05) is 30.3 Å². The maximum absolute atomic E-state index is 11.2. The first-order chi connectivity index (χ1) is 8.59. The number of carbonyl (C=O) groups is 2. The highest BCUT2D eigenvalue weighted by molar-refractivity contribution is 5.85. The van der Waals surface area contributed by atoms with Gasteiger partial charge in [-0.1, -0.05) is 30.3 Å². The number of hydrogen-bond donors (Lipinski definition) is 3. The Bertz CT molecular complexity index is 400. The fourth-order valence-electron chi connectivity index (χ4n) is 1.23. The second-order valence-electron chi connectivity index (χ2n) is 3.72. The lowest BCUT2D eigenvalue weighted by Gasteiger charge is -2.08. The van der Waals surface area contributed by atoms with Crippen molar-refractivity contribution in [3.63, 3.8) is 0 Å². The lowest BCUT2D eigenvalue weighted by Crippen LogP contribution is -2.35. The summed E-state index contributed by atoms with van der Waals surface area (Å²) in [4.78, 5) is 21.7. The molecule has 0 unspecified atom stereocenters. The van der Waals surface area contributed by atoms with Crippen LogP contribution < -0.4 is 11.1 Å². The molecule has 0 bridgehead atoms. The van der Waals surface area contributed by atoms with Crippen LogP contribution in [0.3, 0.4) is 0 Å². The summed E-state index contributed by atoms with van der Waals surface area (Å²) in [6, 6.07) is 8.28. The Morgan fingerprint density at radius 1 is 1.32 bits per heavy atom. The third kappa shape index (κ3) is 7.28. The number of benzene rings is 1. The van der Waals surface area contributed by atoms with Gasteiger partial charge in [0, 0.05) is 6.54 Å². The van der Waals surface area contributed by atoms with E-state index in [1.54, 1.807) is 0 Å². The zero-order chi connectivity index (χ0) is 13.4. The Morgan fingerprint density at radius 3 is 2.53 bits per heavy atom. The molecule has 7 heteroatoms. The minimum Gasteiger partial charge on any atom is -0.480 e. The summed E-state index contributed by atoms with van der Waals surface area (Å²) in [7, 11) is 0. The van der Waals surface area contributed by atoms with E-state index in [4.69, 9.17) is 15.6 Å². The predicted molar refractivity (Wildman–Crippen MR) is 72.1 cm³/mol. The SMILES string of the molecule is Cl.N[C@@H](CCNC(=O)OCc1ccccc1)C(=O)O. The Morgan fingerprint density at radius 2 is 1.95 bits per heavy atom. The molecule has 0 saturated carbocycles. The molecule has 1 aromatic carbocycles. The van der Waals surface area contributed by atoms with Crippen LogP contribution in [0.4, 0.5) is 4.79 Å². The van der Waals surface area contributed by atoms with Crippen LogP contribution in [0.5, 0.6) is 0 Å². The highest BCUT2D eigenvalue weighted by Crippen LogP contribution is 2.00. The molecule has 1 amide bonds. The van der Waals surface area contributed by atoms with Crippen molar-refractivity contribution in [2.45, 2.75) is 19.1 Å². The number of carboxylic acids is 1. The fraction of sp³-hybridized carbons (Fsp3) is 0.333. The van der Waals surface area contributed by atoms with Crippen molar-refractivity contribution >= 4 is 24.5 Å². The number of carbonyl (C=O) groups excluding carboxylic acids is 1. The van der Waals surface area contributed by atoms with Gasteiger partial charge in [0.15, 0.2) is 0 Å². The molecule has 19 heavy (non-hydrogen) atoms. The predicted octanol–water partition coefficient (Wildman–Crippen LogP) is 1.14. The van der Waals surface area contributed by atoms with Crippen LogP contribution in [0.15, 0.2) is 30.3 Å². The second kappa shape index (κ2) is 9.18. The van der Waals surface area contributed by atoms with Gasteiger partial charge in [-0.05, 0) is 12.0 Å². The second-order valence-corrected chi connectivity index (χ2v) is 3.72. The van der Waals surface area contributed by atoms with Crippen molar-refractivity contribution in [3.05, 3.63) is 35.9 Å². The summed E-state index contributed by atoms with van der Waals surface area (Å²) < 4.78 is 4.93. The van der Waals surface area contributed by atoms with Crippen molar-refractivity contribution in [3.8, 4) is 0 Å². The Balaban J connectivity index is 0.00000324. The van der Waals surface area contributed by atoms with Gasteiger partial charge < -0.3 is 20.9 Å². The lowest BCUT2D eigenvalue weighted by molar-refractivity contribution is -0.138. The molecule has 1 rings (SSSR count). The van der Waals surface area contributed by atoms with E-state index in [1.165, 1.54) is 0 Å². The van der Waals surface area contributed by atoms with Crippen LogP contribution in [-0.4, -0.2) is 29.8 Å². The van der Waals surface area contributed by atoms with Gasteiger partial charge in [0.1, 0.15) is 12.6 Å². The quantitative estimate of drug-likeness (QED) is 0.728. The zero-order valence-electron chi connectivity index (χ0n) is 10.2. The van der Waals surface area contributed by atoms with Gasteiger partial charge >= 0.3 is 12.1 Å². The smallest absolute Gasteiger partial charge is 0.407 e. The first kappa shape index (κ1) is 17.2. The monoisotopic (exact) mass is 288 g/mol. The molecule has 0 aliphatic heterocycles. The van der Waals surface area contributed by atoms with Gasteiger partial charge in [-0.25, -0.2) is 4.79 Å². The Labute approximate surface area is 117 Å². The fourth-order valence-corrected chi connectivity index (χ4v) is 1.23. The van der Waals surface area contributed by atoms with Crippen LogP contribution in [-0.2, 0) is 16.1 Å². The van der Waals surface area contributed by atoms with Crippen molar-refractivity contribution in [1.82, 2.24) is 5.32 Å². The third-order valence-electron chi connectivity index (χ3n) is 2.25. The molecular weight excluding hydrogens is 272 g/mol. The number of nitrogens with two attached hydrogens (primary N) is 1. The van der Waals surface area contributed by atoms with Gasteiger partial charge in [0.05, 0.1) is 0 Å². The van der Waals surface area contributed by atoms with E-state index in [0.29, 0.717) is 0 Å². The molecule has 106 valence electrons. The maximum atomic E-state index is 11.2. The van der Waals surface area contributed by atoms with E-state index in [0.717, 1.165) is 5.56 Å². The molecule has 0 aliphatic carbocycles. The number of carboxylic acid groups (broad SMARTS) is 1. The van der Waals surface area contributed by atoms with E-state index in [-0.39, 0.29) is 32.0 Å². The average molecular weight is 289 g/mol. The molecule has 0 aromatic heterocycles. The zero-order valence-corrected chi connectivity index (χ0v) is 11.1. The number of rotatable bonds is 6. The maximum Gasteiger partial charge on any atom is 0.407 e. The summed E-state index contributed by atoms with van der Waals surface area (Å²) in [6.07, 6.45) is -0.424. The molecule has 0 fully saturated rings. The third-order valence-corrected chi connectivity index (χ3v) is 2.25. The summed E-state index contributed by atoms with van der Waals surface area (Å²) in [6.45, 7) is 0.346. The van der Waals surface area contributed by atoms with Crippen molar-refractivity contribution in [1.29, 1.82) is 0 Å². The van der Waals surface area contributed by atoms with E-state index >= 15 is 0 Å². The van der Waals surface area contributed by atoms with E-state index < -0.39 is 18.1 Å². The number of alkyl carbamates (subject to hydrolysis) is 1. The number of amides is 1. The van der Waals surface area contributed by atoms with Crippen molar-refractivity contribution < 1.29 is 19.4 Å². The van der Waals surface area contributed by atoms with Crippen molar-refractivity contribution in [2.24, 2.45) is 5.73 Å². The van der Waals surface area contributed by atoms with E-state index in [9.17, 15) is 9.59 Å². The minimum absolute atomic E-state index is 0. The molecule has 4 N–H and O–H groups in total. The van der Waals surface area contributed by atoms with Crippen LogP contribution in [0.2, 0.25) is 0 Å². The topological polar surface area (TPSA) is 102 Å². The lowest BCUT2D eigenvalue weighted by atomic mass is 10.2. The van der Waals surface area contributed by atoms with Crippen molar-refractivity contribution in [2.75, 3.05) is 6.54 Å². The summed E-state index contributed by atoms with van der Waals surface area (Å²) in [5.41, 5.74) is 6.16. The van der Waals surface area contributed by atoms with E-state index in [2.05, 4.69) is 5.32 Å². The van der Waals surface area contributed by atoms with Gasteiger partial charge in [-0.3, -0.25) is 4.79 Å². The van der Waals surface area contributed by atoms with Crippen LogP contribution in [0.1, 0.15) is 12.0 Å². The van der Waals surface area contributed by atoms with Gasteiger partial charge in [-0.15, -0.1) is 12.4 Å². The van der Waals surface area contributed by atoms with Crippen LogP contribution >= 0.6 is 12.4 Å². The number of nitrogens with one attached hydrogen (secondary N) is 1. The van der Waals surface area contributed by atoms with Crippen LogP contribution in [0, 0.1) is 0 Å². The largest absolute Gasteiger partial charge is 0.480 e. The van der Waals surface area contributed by atoms with Gasteiger partial charge in [0.2, 0.25) is 0 Å². The first-order valence-electron chi connectivity index (χ1n) is 5.52. The summed E-state index contributed by atoms with van der Waals surface area (Å²) in [5, 5.41) is 11.0. The standard InChI is InChI=1S/C12H16N2O4.ClH/c13-10(11(15)16)6-7-14-12(17)18-8-9-4-2-1-3-5-9;/h1-5,10H,6-8,13H2,(H,14,17)(H,15,16);1H/t10-;/m0./s1. The first-order valence-corrected chi connectivity index (χ1v) is 5.52. The molecule has 1 atom stereocenters. The number of hydrogen-bond acceptors (Lipinski definition) is 4. The molecule has 0 saturated heterocycles. The minimum atomic E-state index is -1.09. The van der Waals surface area contributed by atoms with Crippen LogP contribution in [0.25, 0.3) is 0 Å². The average Bonchev–Trinajstić information content (AvgIpc) is 2.37. The molecule has 6 nitrogen and oxygen atoms in total. The highest BCUT2D eigenvalue weighted by atomic mass is 35.5. The normalized spacial score (nSPS) is 11.0. The Hall–Kier alpha value is -1.79.